The summed E-state index contributed by atoms with van der Waals surface area (Å²) in [4.78, 5) is 0.128. The van der Waals surface area contributed by atoms with Gasteiger partial charge < -0.3 is 4.74 Å². The van der Waals surface area contributed by atoms with Crippen LogP contribution in [-0.2, 0) is 10.0 Å². The molecular formula is C16H24ClNO3S. The van der Waals surface area contributed by atoms with Gasteiger partial charge in [-0.15, -0.1) is 0 Å². The van der Waals surface area contributed by atoms with E-state index in [9.17, 15) is 8.42 Å². The van der Waals surface area contributed by atoms with Crippen LogP contribution in [0.5, 0.6) is 5.75 Å². The summed E-state index contributed by atoms with van der Waals surface area (Å²) >= 11 is 6.12. The number of hydrogen-bond acceptors (Lipinski definition) is 3. The molecule has 1 aliphatic carbocycles. The SMILES string of the molecule is CCOc1cc(C)c(Cl)cc1S(=O)(=O)N[C@@H]1CCCC[C@@H]1C. The molecule has 0 aromatic heterocycles. The van der Waals surface area contributed by atoms with E-state index < -0.39 is 10.0 Å². The predicted octanol–water partition coefficient (Wildman–Crippen LogP) is 3.90. The fourth-order valence-electron chi connectivity index (χ4n) is 2.87. The van der Waals surface area contributed by atoms with Crippen molar-refractivity contribution in [2.24, 2.45) is 5.92 Å². The number of sulfonamides is 1. The molecule has 1 aromatic carbocycles. The van der Waals surface area contributed by atoms with E-state index in [1.165, 1.54) is 12.5 Å². The molecule has 0 spiro atoms. The Balaban J connectivity index is 2.33. The zero-order valence-corrected chi connectivity index (χ0v) is 14.9. The van der Waals surface area contributed by atoms with Crippen molar-refractivity contribution in [2.45, 2.75) is 57.4 Å². The number of benzene rings is 1. The molecule has 1 aromatic rings. The fourth-order valence-corrected chi connectivity index (χ4v) is 4.63. The van der Waals surface area contributed by atoms with Gasteiger partial charge in [0.05, 0.1) is 6.61 Å². The van der Waals surface area contributed by atoms with Crippen molar-refractivity contribution in [1.82, 2.24) is 4.72 Å². The van der Waals surface area contributed by atoms with Crippen LogP contribution < -0.4 is 9.46 Å². The number of hydrogen-bond donors (Lipinski definition) is 1. The van der Waals surface area contributed by atoms with E-state index >= 15 is 0 Å². The molecule has 1 N–H and O–H groups in total. The Hall–Kier alpha value is -0.780. The van der Waals surface area contributed by atoms with E-state index in [0.29, 0.717) is 23.3 Å². The van der Waals surface area contributed by atoms with Crippen molar-refractivity contribution in [3.8, 4) is 5.75 Å². The molecule has 0 unspecified atom stereocenters. The minimum atomic E-state index is -3.64. The largest absolute Gasteiger partial charge is 0.492 e. The summed E-state index contributed by atoms with van der Waals surface area (Å²) in [7, 11) is -3.64. The average molecular weight is 346 g/mol. The smallest absolute Gasteiger partial charge is 0.244 e. The van der Waals surface area contributed by atoms with Crippen molar-refractivity contribution < 1.29 is 13.2 Å². The van der Waals surface area contributed by atoms with Gasteiger partial charge in [-0.1, -0.05) is 31.4 Å². The van der Waals surface area contributed by atoms with Crippen LogP contribution in [0, 0.1) is 12.8 Å². The topological polar surface area (TPSA) is 55.4 Å². The molecule has 1 aliphatic rings. The molecule has 1 fully saturated rings. The lowest BCUT2D eigenvalue weighted by atomic mass is 9.87. The van der Waals surface area contributed by atoms with E-state index in [-0.39, 0.29) is 10.9 Å². The average Bonchev–Trinajstić information content (AvgIpc) is 2.45. The van der Waals surface area contributed by atoms with E-state index in [2.05, 4.69) is 11.6 Å². The molecule has 22 heavy (non-hydrogen) atoms. The standard InChI is InChI=1S/C16H24ClNO3S/c1-4-21-15-9-12(3)13(17)10-16(15)22(19,20)18-14-8-6-5-7-11(14)2/h9-11,14,18H,4-8H2,1-3H3/t11-,14+/m0/s1. The second kappa shape index (κ2) is 7.20. The van der Waals surface area contributed by atoms with Crippen molar-refractivity contribution in [3.63, 3.8) is 0 Å². The zero-order valence-electron chi connectivity index (χ0n) is 13.4. The number of ether oxygens (including phenoxy) is 1. The van der Waals surface area contributed by atoms with Crippen molar-refractivity contribution in [1.29, 1.82) is 0 Å². The molecule has 6 heteroatoms. The maximum atomic E-state index is 12.8. The van der Waals surface area contributed by atoms with Gasteiger partial charge in [0, 0.05) is 11.1 Å². The molecule has 0 aliphatic heterocycles. The highest BCUT2D eigenvalue weighted by molar-refractivity contribution is 7.89. The number of nitrogens with one attached hydrogen (secondary N) is 1. The van der Waals surface area contributed by atoms with E-state index in [4.69, 9.17) is 16.3 Å². The van der Waals surface area contributed by atoms with Crippen LogP contribution >= 0.6 is 11.6 Å². The monoisotopic (exact) mass is 345 g/mol. The zero-order chi connectivity index (χ0) is 16.3. The minimum Gasteiger partial charge on any atom is -0.492 e. The predicted molar refractivity (Wildman–Crippen MR) is 89.1 cm³/mol. The van der Waals surface area contributed by atoms with Crippen molar-refractivity contribution >= 4 is 21.6 Å². The molecule has 2 rings (SSSR count). The summed E-state index contributed by atoms with van der Waals surface area (Å²) in [5, 5.41) is 0.431. The molecular weight excluding hydrogens is 322 g/mol. The first-order chi connectivity index (χ1) is 10.3. The molecule has 124 valence electrons. The second-order valence-electron chi connectivity index (χ2n) is 5.97. The third kappa shape index (κ3) is 3.94. The Kier molecular flexibility index (Phi) is 5.75. The van der Waals surface area contributed by atoms with Crippen LogP contribution in [0.2, 0.25) is 5.02 Å². The highest BCUT2D eigenvalue weighted by Crippen LogP contribution is 2.32. The molecule has 0 heterocycles. The Morgan fingerprint density at radius 3 is 2.64 bits per heavy atom. The molecule has 4 nitrogen and oxygen atoms in total. The minimum absolute atomic E-state index is 0.0201. The van der Waals surface area contributed by atoms with E-state index in [1.54, 1.807) is 6.07 Å². The highest BCUT2D eigenvalue weighted by atomic mass is 35.5. The van der Waals surface area contributed by atoms with Gasteiger partial charge in [0.1, 0.15) is 10.6 Å². The van der Waals surface area contributed by atoms with Gasteiger partial charge in [-0.2, -0.15) is 0 Å². The van der Waals surface area contributed by atoms with Gasteiger partial charge in [0.2, 0.25) is 10.0 Å². The molecule has 1 saturated carbocycles. The maximum Gasteiger partial charge on any atom is 0.244 e. The van der Waals surface area contributed by atoms with Crippen molar-refractivity contribution in [3.05, 3.63) is 22.7 Å². The van der Waals surface area contributed by atoms with E-state index in [0.717, 1.165) is 24.8 Å². The number of rotatable bonds is 5. The Morgan fingerprint density at radius 1 is 1.32 bits per heavy atom. The molecule has 0 amide bonds. The first-order valence-corrected chi connectivity index (χ1v) is 9.66. The summed E-state index contributed by atoms with van der Waals surface area (Å²) in [6.45, 7) is 6.16. The third-order valence-electron chi connectivity index (χ3n) is 4.23. The summed E-state index contributed by atoms with van der Waals surface area (Å²) in [5.74, 6) is 0.709. The van der Waals surface area contributed by atoms with Gasteiger partial charge in [-0.25, -0.2) is 13.1 Å². The van der Waals surface area contributed by atoms with Crippen LogP contribution in [0.15, 0.2) is 17.0 Å². The number of halogens is 1. The van der Waals surface area contributed by atoms with Gasteiger partial charge in [0.25, 0.3) is 0 Å². The molecule has 0 bridgehead atoms. The van der Waals surface area contributed by atoms with Crippen molar-refractivity contribution in [2.75, 3.05) is 6.61 Å². The fraction of sp³-hybridized carbons (Fsp3) is 0.625. The van der Waals surface area contributed by atoms with Crippen LogP contribution in [0.25, 0.3) is 0 Å². The Morgan fingerprint density at radius 2 is 2.00 bits per heavy atom. The van der Waals surface area contributed by atoms with Crippen LogP contribution in [0.4, 0.5) is 0 Å². The lowest BCUT2D eigenvalue weighted by Crippen LogP contribution is -2.41. The van der Waals surface area contributed by atoms with Gasteiger partial charge in [0.15, 0.2) is 0 Å². The summed E-state index contributed by atoms with van der Waals surface area (Å²) in [5.41, 5.74) is 0.801. The lowest BCUT2D eigenvalue weighted by Gasteiger charge is -2.29. The number of aryl methyl sites for hydroxylation is 1. The Bertz CT molecular complexity index is 631. The Labute approximate surface area is 138 Å². The lowest BCUT2D eigenvalue weighted by molar-refractivity contribution is 0.308. The maximum absolute atomic E-state index is 12.8. The third-order valence-corrected chi connectivity index (χ3v) is 6.15. The molecule has 0 radical (unpaired) electrons. The van der Waals surface area contributed by atoms with Crippen LogP contribution in [0.3, 0.4) is 0 Å². The van der Waals surface area contributed by atoms with Crippen LogP contribution in [0.1, 0.15) is 45.1 Å². The molecule has 0 saturated heterocycles. The second-order valence-corrected chi connectivity index (χ2v) is 8.06. The first-order valence-electron chi connectivity index (χ1n) is 7.80. The summed E-state index contributed by atoms with van der Waals surface area (Å²) < 4.78 is 33.8. The first kappa shape index (κ1) is 17.6. The van der Waals surface area contributed by atoms with E-state index in [1.807, 2.05) is 13.8 Å². The quantitative estimate of drug-likeness (QED) is 0.880. The summed E-state index contributed by atoms with van der Waals surface area (Å²) in [6, 6.07) is 3.15. The molecule has 2 atom stereocenters. The van der Waals surface area contributed by atoms with Gasteiger partial charge in [-0.3, -0.25) is 0 Å². The van der Waals surface area contributed by atoms with Gasteiger partial charge in [-0.05, 0) is 50.3 Å². The highest BCUT2D eigenvalue weighted by Gasteiger charge is 2.29. The summed E-state index contributed by atoms with van der Waals surface area (Å²) in [6.07, 6.45) is 4.16. The van der Waals surface area contributed by atoms with Crippen LogP contribution in [-0.4, -0.2) is 21.1 Å². The van der Waals surface area contributed by atoms with Gasteiger partial charge >= 0.3 is 0 Å². The normalized spacial score (nSPS) is 22.5.